The van der Waals surface area contributed by atoms with Crippen molar-refractivity contribution in [1.29, 1.82) is 0 Å². The van der Waals surface area contributed by atoms with Gasteiger partial charge in [0.05, 0.1) is 11.4 Å². The third kappa shape index (κ3) is 4.90. The van der Waals surface area contributed by atoms with Crippen LogP contribution in [-0.2, 0) is 14.8 Å². The van der Waals surface area contributed by atoms with E-state index in [0.29, 0.717) is 29.8 Å². The predicted octanol–water partition coefficient (Wildman–Crippen LogP) is 1.54. The number of hydrogen-bond donors (Lipinski definition) is 2. The second-order valence-electron chi connectivity index (χ2n) is 7.42. The molecular formula is C21H23N7O3S2. The SMILES string of the molecule is C=CC(=O)N1CCCC(n2nc(C#CCCNS(=O)(=O)c3cccs3)c3c(N)ncnc32)C1. The molecule has 4 rings (SSSR count). The topological polar surface area (TPSA) is 136 Å². The van der Waals surface area contributed by atoms with Gasteiger partial charge in [-0.3, -0.25) is 4.79 Å². The molecule has 1 fully saturated rings. The zero-order chi connectivity index (χ0) is 23.4. The average molecular weight is 486 g/mol. The number of anilines is 1. The van der Waals surface area contributed by atoms with Crippen LogP contribution in [0.3, 0.4) is 0 Å². The van der Waals surface area contributed by atoms with Gasteiger partial charge in [0.15, 0.2) is 5.65 Å². The molecule has 3 N–H and O–H groups in total. The zero-order valence-corrected chi connectivity index (χ0v) is 19.4. The normalized spacial score (nSPS) is 16.4. The van der Waals surface area contributed by atoms with Gasteiger partial charge in [0.2, 0.25) is 15.9 Å². The highest BCUT2D eigenvalue weighted by Crippen LogP contribution is 2.28. The molecule has 0 bridgehead atoms. The molecule has 172 valence electrons. The van der Waals surface area contributed by atoms with Gasteiger partial charge in [-0.1, -0.05) is 18.6 Å². The van der Waals surface area contributed by atoms with Gasteiger partial charge in [0, 0.05) is 26.1 Å². The maximum absolute atomic E-state index is 12.2. The van der Waals surface area contributed by atoms with Crippen molar-refractivity contribution in [3.8, 4) is 11.8 Å². The van der Waals surface area contributed by atoms with E-state index in [1.807, 2.05) is 0 Å². The Bertz CT molecular complexity index is 1340. The minimum Gasteiger partial charge on any atom is -0.383 e. The van der Waals surface area contributed by atoms with E-state index in [2.05, 4.69) is 38.2 Å². The van der Waals surface area contributed by atoms with E-state index in [1.54, 1.807) is 27.1 Å². The first-order chi connectivity index (χ1) is 15.9. The molecule has 0 aliphatic carbocycles. The van der Waals surface area contributed by atoms with Crippen LogP contribution in [0.5, 0.6) is 0 Å². The van der Waals surface area contributed by atoms with Crippen LogP contribution in [-0.4, -0.2) is 58.6 Å². The summed E-state index contributed by atoms with van der Waals surface area (Å²) in [5.41, 5.74) is 7.08. The van der Waals surface area contributed by atoms with Crippen molar-refractivity contribution in [2.24, 2.45) is 0 Å². The Labute approximate surface area is 195 Å². The highest BCUT2D eigenvalue weighted by Gasteiger charge is 2.27. The lowest BCUT2D eigenvalue weighted by molar-refractivity contribution is -0.127. The van der Waals surface area contributed by atoms with Crippen LogP contribution >= 0.6 is 11.3 Å². The van der Waals surface area contributed by atoms with E-state index in [9.17, 15) is 13.2 Å². The number of carbonyl (C=O) groups is 1. The number of thiophene rings is 1. The Kier molecular flexibility index (Phi) is 6.73. The highest BCUT2D eigenvalue weighted by molar-refractivity contribution is 7.91. The van der Waals surface area contributed by atoms with Gasteiger partial charge in [-0.05, 0) is 36.3 Å². The predicted molar refractivity (Wildman–Crippen MR) is 126 cm³/mol. The lowest BCUT2D eigenvalue weighted by atomic mass is 10.1. The van der Waals surface area contributed by atoms with Crippen LogP contribution < -0.4 is 10.5 Å². The monoisotopic (exact) mass is 485 g/mol. The van der Waals surface area contributed by atoms with Crippen molar-refractivity contribution < 1.29 is 13.2 Å². The summed E-state index contributed by atoms with van der Waals surface area (Å²) in [4.78, 5) is 22.2. The molecular weight excluding hydrogens is 462 g/mol. The van der Waals surface area contributed by atoms with Crippen molar-refractivity contribution in [1.82, 2.24) is 29.4 Å². The Morgan fingerprint density at radius 2 is 2.27 bits per heavy atom. The number of hydrogen-bond acceptors (Lipinski definition) is 8. The lowest BCUT2D eigenvalue weighted by Gasteiger charge is -2.32. The molecule has 1 amide bonds. The van der Waals surface area contributed by atoms with Crippen LogP contribution in [0, 0.1) is 11.8 Å². The fourth-order valence-electron chi connectivity index (χ4n) is 3.70. The van der Waals surface area contributed by atoms with Gasteiger partial charge in [0.25, 0.3) is 0 Å². The molecule has 3 aromatic rings. The minimum atomic E-state index is -3.53. The fourth-order valence-corrected chi connectivity index (χ4v) is 5.77. The molecule has 1 atom stereocenters. The first-order valence-electron chi connectivity index (χ1n) is 10.3. The number of nitrogens with one attached hydrogen (secondary N) is 1. The van der Waals surface area contributed by atoms with Crippen LogP contribution in [0.4, 0.5) is 5.82 Å². The third-order valence-corrected chi connectivity index (χ3v) is 8.11. The molecule has 12 heteroatoms. The van der Waals surface area contributed by atoms with Crippen LogP contribution in [0.2, 0.25) is 0 Å². The second kappa shape index (κ2) is 9.70. The molecule has 10 nitrogen and oxygen atoms in total. The van der Waals surface area contributed by atoms with Crippen molar-refractivity contribution >= 4 is 44.1 Å². The van der Waals surface area contributed by atoms with Crippen LogP contribution in [0.25, 0.3) is 11.0 Å². The van der Waals surface area contributed by atoms with Gasteiger partial charge < -0.3 is 10.6 Å². The summed E-state index contributed by atoms with van der Waals surface area (Å²) in [6.07, 6.45) is 4.64. The molecule has 1 aliphatic heterocycles. The van der Waals surface area contributed by atoms with Crippen molar-refractivity contribution in [2.75, 3.05) is 25.4 Å². The van der Waals surface area contributed by atoms with Gasteiger partial charge >= 0.3 is 0 Å². The maximum Gasteiger partial charge on any atom is 0.250 e. The molecule has 4 heterocycles. The zero-order valence-electron chi connectivity index (χ0n) is 17.8. The maximum atomic E-state index is 12.2. The number of carbonyl (C=O) groups excluding carboxylic acids is 1. The van der Waals surface area contributed by atoms with Gasteiger partial charge in [-0.2, -0.15) is 5.10 Å². The summed E-state index contributed by atoms with van der Waals surface area (Å²) in [6, 6.07) is 3.16. The van der Waals surface area contributed by atoms with Crippen molar-refractivity contribution in [3.63, 3.8) is 0 Å². The molecule has 0 spiro atoms. The average Bonchev–Trinajstić information content (AvgIpc) is 3.48. The molecule has 1 aliphatic rings. The van der Waals surface area contributed by atoms with E-state index in [4.69, 9.17) is 5.73 Å². The Balaban J connectivity index is 1.53. The number of nitrogens with zero attached hydrogens (tertiary/aromatic N) is 5. The summed E-state index contributed by atoms with van der Waals surface area (Å²) in [6.45, 7) is 4.89. The van der Waals surface area contributed by atoms with Gasteiger partial charge in [0.1, 0.15) is 22.0 Å². The summed E-state index contributed by atoms with van der Waals surface area (Å²) >= 11 is 1.16. The van der Waals surface area contributed by atoms with Crippen molar-refractivity contribution in [2.45, 2.75) is 29.5 Å². The smallest absolute Gasteiger partial charge is 0.250 e. The van der Waals surface area contributed by atoms with Crippen LogP contribution in [0.15, 0.2) is 40.7 Å². The van der Waals surface area contributed by atoms with E-state index in [0.717, 1.165) is 24.2 Å². The summed E-state index contributed by atoms with van der Waals surface area (Å²) in [5.74, 6) is 6.09. The first-order valence-corrected chi connectivity index (χ1v) is 12.7. The Morgan fingerprint density at radius 1 is 1.42 bits per heavy atom. The number of sulfonamides is 1. The third-order valence-electron chi connectivity index (χ3n) is 5.26. The second-order valence-corrected chi connectivity index (χ2v) is 10.4. The van der Waals surface area contributed by atoms with E-state index >= 15 is 0 Å². The molecule has 33 heavy (non-hydrogen) atoms. The Hall–Kier alpha value is -3.27. The molecule has 1 unspecified atom stereocenters. The molecule has 0 saturated carbocycles. The van der Waals surface area contributed by atoms with E-state index in [1.165, 1.54) is 12.4 Å². The number of piperidine rings is 1. The summed E-state index contributed by atoms with van der Waals surface area (Å²) in [7, 11) is -3.53. The van der Waals surface area contributed by atoms with Gasteiger partial charge in [-0.25, -0.2) is 27.8 Å². The number of nitrogens with two attached hydrogens (primary N) is 1. The molecule has 1 saturated heterocycles. The number of nitrogen functional groups attached to an aromatic ring is 1. The van der Waals surface area contributed by atoms with Crippen molar-refractivity contribution in [3.05, 3.63) is 42.2 Å². The summed E-state index contributed by atoms with van der Waals surface area (Å²) < 4.78 is 28.9. The largest absolute Gasteiger partial charge is 0.383 e. The Morgan fingerprint density at radius 3 is 3.03 bits per heavy atom. The number of likely N-dealkylation sites (tertiary alicyclic amines) is 1. The molecule has 3 aromatic heterocycles. The first kappa shape index (κ1) is 22.9. The highest BCUT2D eigenvalue weighted by atomic mass is 32.2. The van der Waals surface area contributed by atoms with Gasteiger partial charge in [-0.15, -0.1) is 11.3 Å². The molecule has 0 radical (unpaired) electrons. The number of rotatable bonds is 6. The number of amides is 1. The number of aromatic nitrogens is 4. The molecule has 0 aromatic carbocycles. The quantitative estimate of drug-likeness (QED) is 0.307. The lowest BCUT2D eigenvalue weighted by Crippen LogP contribution is -2.40. The number of fused-ring (bicyclic) bond motifs is 1. The van der Waals surface area contributed by atoms with E-state index < -0.39 is 10.0 Å². The van der Waals surface area contributed by atoms with E-state index in [-0.39, 0.29) is 34.9 Å². The minimum absolute atomic E-state index is 0.0763. The van der Waals surface area contributed by atoms with Crippen LogP contribution in [0.1, 0.15) is 31.0 Å². The standard InChI is InChI=1S/C21H23N7O3S2/c1-2-17(29)27-11-5-7-15(13-27)28-21-19(20(22)23-14-24-21)16(26-28)8-3-4-10-25-33(30,31)18-9-6-12-32-18/h2,6,9,12,14-15,25H,1,4-5,7,10-11,13H2,(H2,22,23,24). The summed E-state index contributed by atoms with van der Waals surface area (Å²) in [5, 5.41) is 6.90. The fraction of sp³-hybridized carbons (Fsp3) is 0.333.